The maximum Gasteiger partial charge on any atom is 0.275 e. The average Bonchev–Trinajstić information content (AvgIpc) is 2.73. The zero-order chi connectivity index (χ0) is 21.7. The highest BCUT2D eigenvalue weighted by atomic mass is 32.2. The van der Waals surface area contributed by atoms with Crippen molar-refractivity contribution in [3.8, 4) is 0 Å². The monoisotopic (exact) mass is 425 g/mol. The van der Waals surface area contributed by atoms with Crippen molar-refractivity contribution in [3.63, 3.8) is 0 Å². The number of nitrogens with zero attached hydrogens (tertiary/aromatic N) is 1. The molecule has 3 aromatic carbocycles. The van der Waals surface area contributed by atoms with Gasteiger partial charge in [-0.2, -0.15) is 4.31 Å². The van der Waals surface area contributed by atoms with E-state index >= 15 is 0 Å². The van der Waals surface area contributed by atoms with E-state index in [0.717, 1.165) is 36.5 Å². The second kappa shape index (κ2) is 9.22. The predicted molar refractivity (Wildman–Crippen MR) is 117 cm³/mol. The molecule has 0 bridgehead atoms. The van der Waals surface area contributed by atoms with Crippen LogP contribution in [0.3, 0.4) is 0 Å². The van der Waals surface area contributed by atoms with Crippen molar-refractivity contribution in [2.45, 2.75) is 38.0 Å². The van der Waals surface area contributed by atoms with Crippen molar-refractivity contribution in [3.05, 3.63) is 95.3 Å². The van der Waals surface area contributed by atoms with E-state index in [1.807, 2.05) is 6.92 Å². The summed E-state index contributed by atoms with van der Waals surface area (Å²) >= 11 is 0. The van der Waals surface area contributed by atoms with Crippen LogP contribution in [0.2, 0.25) is 0 Å². The van der Waals surface area contributed by atoms with Crippen LogP contribution < -0.4 is 4.31 Å². The summed E-state index contributed by atoms with van der Waals surface area (Å²) < 4.78 is 41.8. The molecule has 30 heavy (non-hydrogen) atoms. The maximum atomic E-state index is 14.3. The van der Waals surface area contributed by atoms with Crippen molar-refractivity contribution in [2.75, 3.05) is 4.31 Å². The third-order valence-corrected chi connectivity index (χ3v) is 6.56. The van der Waals surface area contributed by atoms with Gasteiger partial charge in [0.2, 0.25) is 0 Å². The first-order valence-electron chi connectivity index (χ1n) is 9.84. The van der Waals surface area contributed by atoms with E-state index in [1.165, 1.54) is 30.3 Å². The second-order valence-electron chi connectivity index (χ2n) is 7.14. The van der Waals surface area contributed by atoms with Crippen LogP contribution in [0.1, 0.15) is 41.3 Å². The number of rotatable bonds is 7. The van der Waals surface area contributed by atoms with E-state index in [1.54, 1.807) is 36.4 Å². The van der Waals surface area contributed by atoms with E-state index in [4.69, 9.17) is 0 Å². The zero-order valence-electron chi connectivity index (χ0n) is 17.0. The number of unbranched alkanes of at least 4 members (excludes halogenated alkanes) is 1. The van der Waals surface area contributed by atoms with E-state index in [9.17, 15) is 17.6 Å². The lowest BCUT2D eigenvalue weighted by atomic mass is 10.1. The standard InChI is InChI=1S/C24H24FNO3S/c1-3-4-7-19-12-14-20(15-13-19)26(24(27)22-8-5-6-9-23(22)25)30(28,29)21-16-10-18(2)11-17-21/h5-6,8-17H,3-4,7H2,1-2H3. The number of aryl methyl sites for hydroxylation is 2. The molecule has 156 valence electrons. The van der Waals surface area contributed by atoms with Crippen LogP contribution in [0.25, 0.3) is 0 Å². The predicted octanol–water partition coefficient (Wildman–Crippen LogP) is 5.51. The fourth-order valence-electron chi connectivity index (χ4n) is 3.10. The quantitative estimate of drug-likeness (QED) is 0.501. The Hall–Kier alpha value is -2.99. The molecule has 0 saturated carbocycles. The Labute approximate surface area is 177 Å². The highest BCUT2D eigenvalue weighted by Gasteiger charge is 2.33. The number of halogens is 1. The molecule has 0 aliphatic rings. The molecule has 0 unspecified atom stereocenters. The van der Waals surface area contributed by atoms with E-state index in [-0.39, 0.29) is 16.1 Å². The average molecular weight is 426 g/mol. The number of benzene rings is 3. The molecule has 0 aliphatic heterocycles. The topological polar surface area (TPSA) is 54.5 Å². The fourth-order valence-corrected chi connectivity index (χ4v) is 4.51. The first kappa shape index (κ1) is 21.7. The number of amides is 1. The molecule has 0 aliphatic carbocycles. The molecule has 3 aromatic rings. The highest BCUT2D eigenvalue weighted by Crippen LogP contribution is 2.27. The normalized spacial score (nSPS) is 11.3. The molecular formula is C24H24FNO3S. The van der Waals surface area contributed by atoms with Crippen LogP contribution in [0, 0.1) is 12.7 Å². The van der Waals surface area contributed by atoms with E-state index in [0.29, 0.717) is 4.31 Å². The number of anilines is 1. The van der Waals surface area contributed by atoms with E-state index < -0.39 is 21.7 Å². The van der Waals surface area contributed by atoms with Gasteiger partial charge in [0, 0.05) is 0 Å². The zero-order valence-corrected chi connectivity index (χ0v) is 17.8. The summed E-state index contributed by atoms with van der Waals surface area (Å²) in [6, 6.07) is 18.4. The number of hydrogen-bond acceptors (Lipinski definition) is 3. The minimum atomic E-state index is -4.25. The third kappa shape index (κ3) is 4.60. The molecule has 0 spiro atoms. The van der Waals surface area contributed by atoms with Crippen LogP contribution in [-0.2, 0) is 16.4 Å². The van der Waals surface area contributed by atoms with Gasteiger partial charge in [-0.05, 0) is 61.7 Å². The van der Waals surface area contributed by atoms with Gasteiger partial charge in [-0.3, -0.25) is 4.79 Å². The molecule has 0 N–H and O–H groups in total. The summed E-state index contributed by atoms with van der Waals surface area (Å²) in [5.41, 5.74) is 1.81. The third-order valence-electron chi connectivity index (χ3n) is 4.84. The summed E-state index contributed by atoms with van der Waals surface area (Å²) in [6.07, 6.45) is 2.92. The van der Waals surface area contributed by atoms with Gasteiger partial charge in [0.25, 0.3) is 15.9 Å². The van der Waals surface area contributed by atoms with E-state index in [2.05, 4.69) is 6.92 Å². The van der Waals surface area contributed by atoms with Crippen LogP contribution in [-0.4, -0.2) is 14.3 Å². The van der Waals surface area contributed by atoms with Gasteiger partial charge in [0.15, 0.2) is 0 Å². The van der Waals surface area contributed by atoms with Gasteiger partial charge in [-0.25, -0.2) is 12.8 Å². The Bertz CT molecular complexity index is 1120. The summed E-state index contributed by atoms with van der Waals surface area (Å²) in [7, 11) is -4.25. The second-order valence-corrected chi connectivity index (χ2v) is 8.92. The summed E-state index contributed by atoms with van der Waals surface area (Å²) in [6.45, 7) is 3.94. The van der Waals surface area contributed by atoms with Crippen molar-refractivity contribution in [1.82, 2.24) is 0 Å². The number of carbonyl (C=O) groups excluding carboxylic acids is 1. The van der Waals surface area contributed by atoms with Crippen LogP contribution >= 0.6 is 0 Å². The smallest absolute Gasteiger partial charge is 0.267 e. The molecule has 4 nitrogen and oxygen atoms in total. The van der Waals surface area contributed by atoms with Crippen LogP contribution in [0.5, 0.6) is 0 Å². The van der Waals surface area contributed by atoms with Gasteiger partial charge in [-0.1, -0.05) is 55.3 Å². The molecule has 1 amide bonds. The first-order valence-corrected chi connectivity index (χ1v) is 11.3. The minimum Gasteiger partial charge on any atom is -0.267 e. The van der Waals surface area contributed by atoms with Gasteiger partial charge in [0.05, 0.1) is 16.1 Å². The lowest BCUT2D eigenvalue weighted by molar-refractivity contribution is 0.100. The summed E-state index contributed by atoms with van der Waals surface area (Å²) in [5.74, 6) is -1.71. The number of sulfonamides is 1. The molecule has 0 saturated heterocycles. The minimum absolute atomic E-state index is 0.0344. The molecule has 0 atom stereocenters. The number of carbonyl (C=O) groups is 1. The van der Waals surface area contributed by atoms with Crippen molar-refractivity contribution in [2.24, 2.45) is 0 Å². The Morgan fingerprint density at radius 3 is 2.17 bits per heavy atom. The Kier molecular flexibility index (Phi) is 6.67. The Balaban J connectivity index is 2.10. The van der Waals surface area contributed by atoms with Gasteiger partial charge >= 0.3 is 0 Å². The molecule has 0 fully saturated rings. The number of hydrogen-bond donors (Lipinski definition) is 0. The molecule has 3 rings (SSSR count). The maximum absolute atomic E-state index is 14.3. The van der Waals surface area contributed by atoms with Gasteiger partial charge in [0.1, 0.15) is 5.82 Å². The van der Waals surface area contributed by atoms with Crippen molar-refractivity contribution in [1.29, 1.82) is 0 Å². The van der Waals surface area contributed by atoms with Gasteiger partial charge < -0.3 is 0 Å². The van der Waals surface area contributed by atoms with Crippen molar-refractivity contribution < 1.29 is 17.6 Å². The Morgan fingerprint density at radius 2 is 1.57 bits per heavy atom. The molecule has 0 heterocycles. The van der Waals surface area contributed by atoms with Crippen molar-refractivity contribution >= 4 is 21.6 Å². The van der Waals surface area contributed by atoms with Crippen LogP contribution in [0.15, 0.2) is 77.7 Å². The summed E-state index contributed by atoms with van der Waals surface area (Å²) in [5, 5.41) is 0. The fraction of sp³-hybridized carbons (Fsp3) is 0.208. The highest BCUT2D eigenvalue weighted by molar-refractivity contribution is 7.93. The lowest BCUT2D eigenvalue weighted by Crippen LogP contribution is -2.37. The Morgan fingerprint density at radius 1 is 0.933 bits per heavy atom. The van der Waals surface area contributed by atoms with Crippen LogP contribution in [0.4, 0.5) is 10.1 Å². The lowest BCUT2D eigenvalue weighted by Gasteiger charge is -2.23. The van der Waals surface area contributed by atoms with Gasteiger partial charge in [-0.15, -0.1) is 0 Å². The molecule has 6 heteroatoms. The SMILES string of the molecule is CCCCc1ccc(N(C(=O)c2ccccc2F)S(=O)(=O)c2ccc(C)cc2)cc1. The molecule has 0 radical (unpaired) electrons. The largest absolute Gasteiger partial charge is 0.275 e. The first-order chi connectivity index (χ1) is 14.3. The summed E-state index contributed by atoms with van der Waals surface area (Å²) in [4.78, 5) is 13.2. The molecule has 0 aromatic heterocycles. The molecular weight excluding hydrogens is 401 g/mol.